The van der Waals surface area contributed by atoms with Crippen LogP contribution < -0.4 is 15.4 Å². The van der Waals surface area contributed by atoms with Crippen molar-refractivity contribution in [3.8, 4) is 5.75 Å². The molecule has 1 aromatic rings. The zero-order chi connectivity index (χ0) is 11.3. The molecule has 1 aromatic carbocycles. The highest BCUT2D eigenvalue weighted by molar-refractivity contribution is 5.74. The molecule has 2 N–H and O–H groups in total. The number of nitrogens with zero attached hydrogens (tertiary/aromatic N) is 1. The lowest BCUT2D eigenvalue weighted by Crippen LogP contribution is -2.24. The fourth-order valence-electron chi connectivity index (χ4n) is 1.25. The van der Waals surface area contributed by atoms with Crippen molar-refractivity contribution in [3.05, 3.63) is 24.3 Å². The van der Waals surface area contributed by atoms with Gasteiger partial charge in [-0.25, -0.2) is 0 Å². The van der Waals surface area contributed by atoms with Gasteiger partial charge in [0.1, 0.15) is 5.75 Å². The second-order valence-corrected chi connectivity index (χ2v) is 3.34. The van der Waals surface area contributed by atoms with Crippen LogP contribution in [0.4, 0.5) is 5.69 Å². The molecule has 0 radical (unpaired) electrons. The summed E-state index contributed by atoms with van der Waals surface area (Å²) in [4.78, 5) is 12.6. The number of rotatable bonds is 5. The Morgan fingerprint density at radius 2 is 2.27 bits per heavy atom. The Hall–Kier alpha value is -1.71. The number of methoxy groups -OCH3 is 1. The van der Waals surface area contributed by atoms with Crippen molar-refractivity contribution in [2.45, 2.75) is 6.42 Å². The lowest BCUT2D eigenvalue weighted by Gasteiger charge is -2.18. The van der Waals surface area contributed by atoms with Gasteiger partial charge in [-0.05, 0) is 12.1 Å². The van der Waals surface area contributed by atoms with Crippen LogP contribution in [0.5, 0.6) is 5.75 Å². The van der Waals surface area contributed by atoms with Crippen LogP contribution in [0.1, 0.15) is 6.42 Å². The van der Waals surface area contributed by atoms with E-state index in [4.69, 9.17) is 10.5 Å². The molecule has 0 atom stereocenters. The highest BCUT2D eigenvalue weighted by Crippen LogP contribution is 2.19. The van der Waals surface area contributed by atoms with Gasteiger partial charge in [-0.3, -0.25) is 4.79 Å². The Morgan fingerprint density at radius 3 is 2.87 bits per heavy atom. The maximum absolute atomic E-state index is 10.6. The van der Waals surface area contributed by atoms with E-state index in [1.165, 1.54) is 0 Å². The number of hydrogen-bond donors (Lipinski definition) is 1. The lowest BCUT2D eigenvalue weighted by atomic mass is 10.2. The van der Waals surface area contributed by atoms with E-state index in [0.29, 0.717) is 13.0 Å². The summed E-state index contributed by atoms with van der Waals surface area (Å²) in [6.07, 6.45) is 0.355. The molecule has 0 fully saturated rings. The van der Waals surface area contributed by atoms with E-state index in [2.05, 4.69) is 0 Å². The summed E-state index contributed by atoms with van der Waals surface area (Å²) in [7, 11) is 3.54. The van der Waals surface area contributed by atoms with Gasteiger partial charge in [0, 0.05) is 31.8 Å². The Kier molecular flexibility index (Phi) is 3.97. The Bertz CT molecular complexity index is 339. The van der Waals surface area contributed by atoms with Crippen LogP contribution in [0, 0.1) is 0 Å². The van der Waals surface area contributed by atoms with E-state index in [1.54, 1.807) is 7.11 Å². The Morgan fingerprint density at radius 1 is 1.53 bits per heavy atom. The van der Waals surface area contributed by atoms with Crippen LogP contribution in [0.15, 0.2) is 24.3 Å². The average Bonchev–Trinajstić information content (AvgIpc) is 2.26. The fraction of sp³-hybridized carbons (Fsp3) is 0.364. The molecule has 1 amide bonds. The summed E-state index contributed by atoms with van der Waals surface area (Å²) < 4.78 is 5.11. The van der Waals surface area contributed by atoms with E-state index >= 15 is 0 Å². The number of carbonyl (C=O) groups excluding carboxylic acids is 1. The van der Waals surface area contributed by atoms with Crippen molar-refractivity contribution in [3.63, 3.8) is 0 Å². The first-order valence-electron chi connectivity index (χ1n) is 4.77. The van der Waals surface area contributed by atoms with E-state index in [9.17, 15) is 4.79 Å². The third-order valence-electron chi connectivity index (χ3n) is 2.19. The van der Waals surface area contributed by atoms with E-state index < -0.39 is 0 Å². The minimum atomic E-state index is -0.287. The second-order valence-electron chi connectivity index (χ2n) is 3.34. The summed E-state index contributed by atoms with van der Waals surface area (Å²) in [5.74, 6) is 0.517. The van der Waals surface area contributed by atoms with Gasteiger partial charge in [-0.2, -0.15) is 0 Å². The third kappa shape index (κ3) is 3.50. The standard InChI is InChI=1S/C11H16N2O2/c1-13(7-6-11(12)14)9-4-3-5-10(8-9)15-2/h3-5,8H,6-7H2,1-2H3,(H2,12,14). The van der Waals surface area contributed by atoms with Gasteiger partial charge in [-0.1, -0.05) is 6.07 Å². The molecule has 0 saturated heterocycles. The van der Waals surface area contributed by atoms with E-state index in [1.807, 2.05) is 36.2 Å². The molecule has 0 unspecified atom stereocenters. The van der Waals surface area contributed by atoms with Crippen molar-refractivity contribution >= 4 is 11.6 Å². The Balaban J connectivity index is 2.64. The number of carbonyl (C=O) groups is 1. The molecular weight excluding hydrogens is 192 g/mol. The molecule has 0 spiro atoms. The zero-order valence-corrected chi connectivity index (χ0v) is 9.06. The number of nitrogens with two attached hydrogens (primary N) is 1. The molecule has 1 rings (SSSR count). The molecular formula is C11H16N2O2. The van der Waals surface area contributed by atoms with Crippen LogP contribution >= 0.6 is 0 Å². The first-order chi connectivity index (χ1) is 7.13. The first kappa shape index (κ1) is 11.4. The van der Waals surface area contributed by atoms with Gasteiger partial charge in [0.2, 0.25) is 5.91 Å². The number of benzene rings is 1. The van der Waals surface area contributed by atoms with E-state index in [0.717, 1.165) is 11.4 Å². The fourth-order valence-corrected chi connectivity index (χ4v) is 1.25. The predicted molar refractivity (Wildman–Crippen MR) is 60.1 cm³/mol. The average molecular weight is 208 g/mol. The number of anilines is 1. The topological polar surface area (TPSA) is 55.6 Å². The maximum Gasteiger partial charge on any atom is 0.219 e. The summed E-state index contributed by atoms with van der Waals surface area (Å²) in [6, 6.07) is 7.67. The van der Waals surface area contributed by atoms with E-state index in [-0.39, 0.29) is 5.91 Å². The first-order valence-corrected chi connectivity index (χ1v) is 4.77. The summed E-state index contributed by atoms with van der Waals surface area (Å²) >= 11 is 0. The van der Waals surface area contributed by atoms with Crippen LogP contribution in [0.25, 0.3) is 0 Å². The van der Waals surface area contributed by atoms with Gasteiger partial charge < -0.3 is 15.4 Å². The molecule has 0 heterocycles. The summed E-state index contributed by atoms with van der Waals surface area (Å²) in [5, 5.41) is 0. The molecule has 0 aromatic heterocycles. The molecule has 0 aliphatic rings. The van der Waals surface area contributed by atoms with Crippen molar-refractivity contribution < 1.29 is 9.53 Å². The molecule has 82 valence electrons. The molecule has 4 nitrogen and oxygen atoms in total. The molecule has 0 saturated carbocycles. The predicted octanol–water partition coefficient (Wildman–Crippen LogP) is 1.01. The van der Waals surface area contributed by atoms with Crippen LogP contribution in [-0.4, -0.2) is 26.6 Å². The monoisotopic (exact) mass is 208 g/mol. The van der Waals surface area contributed by atoms with Crippen molar-refractivity contribution in [2.75, 3.05) is 25.6 Å². The Labute approximate surface area is 89.6 Å². The number of hydrogen-bond acceptors (Lipinski definition) is 3. The van der Waals surface area contributed by atoms with Crippen LogP contribution in [-0.2, 0) is 4.79 Å². The molecule has 0 aliphatic heterocycles. The van der Waals surface area contributed by atoms with Gasteiger partial charge in [0.15, 0.2) is 0 Å². The second kappa shape index (κ2) is 5.24. The maximum atomic E-state index is 10.6. The highest BCUT2D eigenvalue weighted by atomic mass is 16.5. The van der Waals surface area contributed by atoms with Crippen LogP contribution in [0.3, 0.4) is 0 Å². The minimum Gasteiger partial charge on any atom is -0.497 e. The normalized spacial score (nSPS) is 9.73. The molecule has 15 heavy (non-hydrogen) atoms. The van der Waals surface area contributed by atoms with Crippen LogP contribution in [0.2, 0.25) is 0 Å². The van der Waals surface area contributed by atoms with Crippen molar-refractivity contribution in [1.29, 1.82) is 0 Å². The zero-order valence-electron chi connectivity index (χ0n) is 9.06. The molecule has 0 bridgehead atoms. The summed E-state index contributed by atoms with van der Waals surface area (Å²) in [6.45, 7) is 0.614. The van der Waals surface area contributed by atoms with Crippen molar-refractivity contribution in [2.24, 2.45) is 5.73 Å². The number of ether oxygens (including phenoxy) is 1. The number of amides is 1. The SMILES string of the molecule is COc1cccc(N(C)CCC(N)=O)c1. The highest BCUT2D eigenvalue weighted by Gasteiger charge is 2.03. The molecule has 0 aliphatic carbocycles. The van der Waals surface area contributed by atoms with Gasteiger partial charge in [-0.15, -0.1) is 0 Å². The smallest absolute Gasteiger partial charge is 0.219 e. The van der Waals surface area contributed by atoms with Gasteiger partial charge >= 0.3 is 0 Å². The lowest BCUT2D eigenvalue weighted by molar-refractivity contribution is -0.117. The summed E-state index contributed by atoms with van der Waals surface area (Å²) in [5.41, 5.74) is 6.09. The largest absolute Gasteiger partial charge is 0.497 e. The number of primary amides is 1. The van der Waals surface area contributed by atoms with Gasteiger partial charge in [0.25, 0.3) is 0 Å². The minimum absolute atomic E-state index is 0.287. The quantitative estimate of drug-likeness (QED) is 0.785. The molecule has 4 heteroatoms. The van der Waals surface area contributed by atoms with Crippen molar-refractivity contribution in [1.82, 2.24) is 0 Å². The van der Waals surface area contributed by atoms with Gasteiger partial charge in [0.05, 0.1) is 7.11 Å². The third-order valence-corrected chi connectivity index (χ3v) is 2.19.